The van der Waals surface area contributed by atoms with Crippen molar-refractivity contribution in [3.05, 3.63) is 71.7 Å². The van der Waals surface area contributed by atoms with Crippen LogP contribution in [0.5, 0.6) is 5.75 Å². The predicted octanol–water partition coefficient (Wildman–Crippen LogP) is 3.63. The maximum absolute atomic E-state index is 14.8. The van der Waals surface area contributed by atoms with Crippen molar-refractivity contribution in [1.82, 2.24) is 29.5 Å². The van der Waals surface area contributed by atoms with Gasteiger partial charge in [0.1, 0.15) is 0 Å². The van der Waals surface area contributed by atoms with E-state index in [0.717, 1.165) is 5.56 Å². The molecule has 0 saturated carbocycles. The molecule has 2 amide bonds. The van der Waals surface area contributed by atoms with Crippen molar-refractivity contribution in [3.63, 3.8) is 0 Å². The van der Waals surface area contributed by atoms with Crippen LogP contribution in [0.25, 0.3) is 16.9 Å². The molecular formula is C29H31F2N7O3. The fraction of sp³-hybridized carbons (Fsp3) is 0.310. The molecule has 4 aromatic rings. The number of carbonyl (C=O) groups is 2. The van der Waals surface area contributed by atoms with Gasteiger partial charge in [-0.15, -0.1) is 0 Å². The van der Waals surface area contributed by atoms with Gasteiger partial charge in [-0.1, -0.05) is 0 Å². The number of fused-ring (bicyclic) bond motifs is 1. The molecule has 0 spiro atoms. The molecule has 0 bridgehead atoms. The van der Waals surface area contributed by atoms with E-state index in [-0.39, 0.29) is 29.2 Å². The average molecular weight is 564 g/mol. The third-order valence-electron chi connectivity index (χ3n) is 7.03. The van der Waals surface area contributed by atoms with Crippen LogP contribution in [0.3, 0.4) is 0 Å². The molecule has 12 heteroatoms. The molecule has 1 fully saturated rings. The third-order valence-corrected chi connectivity index (χ3v) is 7.03. The lowest BCUT2D eigenvalue weighted by Crippen LogP contribution is -2.41. The molecule has 2 aromatic carbocycles. The SMILES string of the molecule is COc1ccc(-c2cnc3c(Nc4ccc(C(=O)NC5CCN(C(=O)CN(C)C)C5)c(C)c4)nccn23)c(F)c1F. The van der Waals surface area contributed by atoms with Crippen LogP contribution < -0.4 is 15.4 Å². The molecule has 41 heavy (non-hydrogen) atoms. The second kappa shape index (κ2) is 11.5. The molecule has 214 valence electrons. The van der Waals surface area contributed by atoms with E-state index in [1.165, 1.54) is 31.6 Å². The van der Waals surface area contributed by atoms with Gasteiger partial charge in [0.15, 0.2) is 23.0 Å². The first-order valence-electron chi connectivity index (χ1n) is 13.1. The number of rotatable bonds is 8. The Morgan fingerprint density at radius 1 is 1.15 bits per heavy atom. The number of aryl methyl sites for hydroxylation is 1. The van der Waals surface area contributed by atoms with Crippen molar-refractivity contribution in [2.45, 2.75) is 19.4 Å². The summed E-state index contributed by atoms with van der Waals surface area (Å²) in [5, 5.41) is 6.25. The van der Waals surface area contributed by atoms with E-state index in [4.69, 9.17) is 4.74 Å². The number of halogens is 2. The van der Waals surface area contributed by atoms with Crippen molar-refractivity contribution in [3.8, 4) is 17.0 Å². The van der Waals surface area contributed by atoms with Gasteiger partial charge in [-0.25, -0.2) is 14.4 Å². The van der Waals surface area contributed by atoms with Gasteiger partial charge >= 0.3 is 0 Å². The minimum absolute atomic E-state index is 0.0339. The maximum Gasteiger partial charge on any atom is 0.251 e. The Morgan fingerprint density at radius 3 is 2.68 bits per heavy atom. The highest BCUT2D eigenvalue weighted by Gasteiger charge is 2.28. The molecule has 1 unspecified atom stereocenters. The number of anilines is 2. The molecule has 5 rings (SSSR count). The summed E-state index contributed by atoms with van der Waals surface area (Å²) in [5.41, 5.74) is 2.74. The van der Waals surface area contributed by atoms with Gasteiger partial charge in [-0.2, -0.15) is 4.39 Å². The van der Waals surface area contributed by atoms with E-state index in [9.17, 15) is 18.4 Å². The van der Waals surface area contributed by atoms with Crippen LogP contribution in [-0.4, -0.2) is 82.9 Å². The number of nitrogens with zero attached hydrogens (tertiary/aromatic N) is 5. The van der Waals surface area contributed by atoms with Crippen LogP contribution in [0, 0.1) is 18.6 Å². The summed E-state index contributed by atoms with van der Waals surface area (Å²) < 4.78 is 35.6. The van der Waals surface area contributed by atoms with E-state index in [2.05, 4.69) is 20.6 Å². The predicted molar refractivity (Wildman–Crippen MR) is 150 cm³/mol. The summed E-state index contributed by atoms with van der Waals surface area (Å²) in [6.45, 7) is 3.29. The lowest BCUT2D eigenvalue weighted by Gasteiger charge is -2.19. The standard InChI is InChI=1S/C29H31F2N7O3/c1-17-13-18(5-6-20(17)29(40)35-19-9-11-37(15-19)24(39)16-36(2)3)34-27-28-33-14-22(38(28)12-10-32-27)21-7-8-23(41-4)26(31)25(21)30/h5-8,10,12-14,19H,9,11,15-16H2,1-4H3,(H,32,34)(H,35,40). The first kappa shape index (κ1) is 28.0. The highest BCUT2D eigenvalue weighted by atomic mass is 19.2. The number of hydrogen-bond acceptors (Lipinski definition) is 7. The molecule has 0 radical (unpaired) electrons. The Hall–Kier alpha value is -4.58. The van der Waals surface area contributed by atoms with E-state index in [1.54, 1.807) is 27.6 Å². The van der Waals surface area contributed by atoms with Gasteiger partial charge < -0.3 is 25.2 Å². The summed E-state index contributed by atoms with van der Waals surface area (Å²) in [6, 6.07) is 8.00. The van der Waals surface area contributed by atoms with Crippen molar-refractivity contribution in [1.29, 1.82) is 0 Å². The Labute approximate surface area is 235 Å². The molecule has 1 aliphatic rings. The summed E-state index contributed by atoms with van der Waals surface area (Å²) >= 11 is 0. The van der Waals surface area contributed by atoms with E-state index in [1.807, 2.05) is 32.0 Å². The summed E-state index contributed by atoms with van der Waals surface area (Å²) in [4.78, 5) is 37.7. The van der Waals surface area contributed by atoms with Gasteiger partial charge in [0, 0.05) is 48.3 Å². The summed E-state index contributed by atoms with van der Waals surface area (Å²) in [5.74, 6) is -2.04. The van der Waals surface area contributed by atoms with Crippen molar-refractivity contribution >= 4 is 29.0 Å². The first-order valence-corrected chi connectivity index (χ1v) is 13.1. The van der Waals surface area contributed by atoms with Gasteiger partial charge in [-0.05, 0) is 63.3 Å². The van der Waals surface area contributed by atoms with E-state index >= 15 is 0 Å². The number of carbonyl (C=O) groups excluding carboxylic acids is 2. The van der Waals surface area contributed by atoms with Crippen LogP contribution in [0.2, 0.25) is 0 Å². The van der Waals surface area contributed by atoms with E-state index < -0.39 is 11.6 Å². The largest absolute Gasteiger partial charge is 0.494 e. The van der Waals surface area contributed by atoms with Crippen molar-refractivity contribution in [2.24, 2.45) is 0 Å². The van der Waals surface area contributed by atoms with Crippen molar-refractivity contribution < 1.29 is 23.1 Å². The molecule has 0 aliphatic carbocycles. The lowest BCUT2D eigenvalue weighted by molar-refractivity contribution is -0.130. The fourth-order valence-electron chi connectivity index (χ4n) is 4.97. The zero-order chi connectivity index (χ0) is 29.3. The number of aromatic nitrogens is 3. The zero-order valence-corrected chi connectivity index (χ0v) is 23.2. The fourth-order valence-corrected chi connectivity index (χ4v) is 4.97. The Balaban J connectivity index is 1.30. The molecular weight excluding hydrogens is 532 g/mol. The number of ether oxygens (including phenoxy) is 1. The average Bonchev–Trinajstić information content (AvgIpc) is 3.58. The Morgan fingerprint density at radius 2 is 1.95 bits per heavy atom. The van der Waals surface area contributed by atoms with Gasteiger partial charge in [0.2, 0.25) is 11.7 Å². The van der Waals surface area contributed by atoms with Crippen LogP contribution in [-0.2, 0) is 4.79 Å². The number of benzene rings is 2. The van der Waals surface area contributed by atoms with E-state index in [0.29, 0.717) is 54.5 Å². The normalized spacial score (nSPS) is 15.0. The van der Waals surface area contributed by atoms with Crippen LogP contribution in [0.4, 0.5) is 20.3 Å². The summed E-state index contributed by atoms with van der Waals surface area (Å²) in [7, 11) is 4.97. The molecule has 1 saturated heterocycles. The molecule has 2 N–H and O–H groups in total. The van der Waals surface area contributed by atoms with Crippen LogP contribution in [0.15, 0.2) is 48.9 Å². The maximum atomic E-state index is 14.8. The van der Waals surface area contributed by atoms with Gasteiger partial charge in [-0.3, -0.25) is 14.0 Å². The number of methoxy groups -OCH3 is 1. The van der Waals surface area contributed by atoms with Crippen LogP contribution >= 0.6 is 0 Å². The number of nitrogens with one attached hydrogen (secondary N) is 2. The van der Waals surface area contributed by atoms with Crippen LogP contribution in [0.1, 0.15) is 22.3 Å². The smallest absolute Gasteiger partial charge is 0.251 e. The third kappa shape index (κ3) is 5.68. The quantitative estimate of drug-likeness (QED) is 0.338. The number of likely N-dealkylation sites (N-methyl/N-ethyl adjacent to an activating group) is 1. The molecule has 2 aromatic heterocycles. The molecule has 3 heterocycles. The summed E-state index contributed by atoms with van der Waals surface area (Å²) in [6.07, 6.45) is 5.30. The minimum Gasteiger partial charge on any atom is -0.494 e. The van der Waals surface area contributed by atoms with Gasteiger partial charge in [0.25, 0.3) is 5.91 Å². The topological polar surface area (TPSA) is 104 Å². The molecule has 1 atom stereocenters. The molecule has 10 nitrogen and oxygen atoms in total. The number of hydrogen-bond donors (Lipinski definition) is 2. The zero-order valence-electron chi connectivity index (χ0n) is 23.2. The Bertz CT molecular complexity index is 1620. The second-order valence-corrected chi connectivity index (χ2v) is 10.2. The number of imidazole rings is 1. The van der Waals surface area contributed by atoms with Crippen molar-refractivity contribution in [2.75, 3.05) is 46.2 Å². The number of amides is 2. The molecule has 1 aliphatic heterocycles. The first-order chi connectivity index (χ1) is 19.7. The van der Waals surface area contributed by atoms with Gasteiger partial charge in [0.05, 0.1) is 25.5 Å². The second-order valence-electron chi connectivity index (χ2n) is 10.2. The monoisotopic (exact) mass is 563 g/mol. The minimum atomic E-state index is -1.07. The number of likely N-dealkylation sites (tertiary alicyclic amines) is 1. The Kier molecular flexibility index (Phi) is 7.84. The highest BCUT2D eigenvalue weighted by molar-refractivity contribution is 5.96. The lowest BCUT2D eigenvalue weighted by atomic mass is 10.1. The highest BCUT2D eigenvalue weighted by Crippen LogP contribution is 2.31.